The van der Waals surface area contributed by atoms with Crippen molar-refractivity contribution < 1.29 is 24.2 Å². The van der Waals surface area contributed by atoms with Gasteiger partial charge >= 0.3 is 0 Å². The van der Waals surface area contributed by atoms with Crippen molar-refractivity contribution >= 4 is 24.1 Å². The van der Waals surface area contributed by atoms with E-state index in [9.17, 15) is 9.90 Å². The summed E-state index contributed by atoms with van der Waals surface area (Å²) in [7, 11) is 1.65. The van der Waals surface area contributed by atoms with E-state index in [-0.39, 0.29) is 25.7 Å². The number of anilines is 1. The lowest BCUT2D eigenvalue weighted by molar-refractivity contribution is -0.140. The zero-order valence-corrected chi connectivity index (χ0v) is 23.1. The Bertz CT molecular complexity index is 1230. The molecule has 4 rings (SSSR count). The van der Waals surface area contributed by atoms with Gasteiger partial charge in [-0.2, -0.15) is 0 Å². The van der Waals surface area contributed by atoms with E-state index in [1.165, 1.54) is 18.0 Å². The summed E-state index contributed by atoms with van der Waals surface area (Å²) in [6, 6.07) is 10.6. The predicted octanol–water partition coefficient (Wildman–Crippen LogP) is 3.00. The van der Waals surface area contributed by atoms with Crippen LogP contribution in [0.4, 0.5) is 5.69 Å². The first-order chi connectivity index (χ1) is 18.7. The van der Waals surface area contributed by atoms with E-state index in [2.05, 4.69) is 29.8 Å². The number of aliphatic hydroxyl groups is 1. The van der Waals surface area contributed by atoms with Crippen molar-refractivity contribution in [2.75, 3.05) is 31.8 Å². The van der Waals surface area contributed by atoms with Crippen LogP contribution in [0.1, 0.15) is 43.6 Å². The Morgan fingerprint density at radius 3 is 2.64 bits per heavy atom. The lowest BCUT2D eigenvalue weighted by Crippen LogP contribution is -2.48. The number of aldehydes is 1. The van der Waals surface area contributed by atoms with Gasteiger partial charge in [0.1, 0.15) is 24.7 Å². The standard InChI is InChI=1S/C15H16N2O4.C13H18N2.C2H4O/c1-17-12-6-10(4-5-15(19)8-20-9-15)2-3-13(12)21-7-11(16)14(17)18;1-3-4-7-12(10-14)9-13-8-5-6-11(2)15-13;1-2-3/h2-3,6,11,19H,7-9,16H2,1H3;5-8,10,14H,3-4,9H2,1-2H3;2H,1H3/b;12-7-,14-10?;. The second kappa shape index (κ2) is 15.5. The molecule has 1 saturated heterocycles. The van der Waals surface area contributed by atoms with Crippen LogP contribution in [-0.4, -0.2) is 67.0 Å². The topological polar surface area (TPSA) is 139 Å². The zero-order chi connectivity index (χ0) is 28.8. The Morgan fingerprint density at radius 1 is 1.33 bits per heavy atom. The summed E-state index contributed by atoms with van der Waals surface area (Å²) < 4.78 is 10.5. The number of aryl methyl sites for hydroxylation is 1. The van der Waals surface area contributed by atoms with Gasteiger partial charge in [-0.15, -0.1) is 0 Å². The maximum Gasteiger partial charge on any atom is 0.247 e. The first-order valence-electron chi connectivity index (χ1n) is 12.8. The third-order valence-corrected chi connectivity index (χ3v) is 5.72. The Kier molecular flexibility index (Phi) is 12.5. The number of amides is 1. The number of fused-ring (bicyclic) bond motifs is 1. The second-order valence-electron chi connectivity index (χ2n) is 9.17. The number of nitrogens with zero attached hydrogens (tertiary/aromatic N) is 2. The number of nitrogens with two attached hydrogens (primary N) is 1. The van der Waals surface area contributed by atoms with Gasteiger partial charge in [0.05, 0.1) is 18.9 Å². The third kappa shape index (κ3) is 9.76. The zero-order valence-electron chi connectivity index (χ0n) is 23.1. The molecule has 0 spiro atoms. The molecule has 0 aliphatic carbocycles. The maximum atomic E-state index is 12.0. The molecule has 0 saturated carbocycles. The summed E-state index contributed by atoms with van der Waals surface area (Å²) in [5.74, 6) is 6.07. The third-order valence-electron chi connectivity index (χ3n) is 5.72. The van der Waals surface area contributed by atoms with E-state index in [1.807, 2.05) is 25.1 Å². The van der Waals surface area contributed by atoms with Crippen molar-refractivity contribution in [3.63, 3.8) is 0 Å². The van der Waals surface area contributed by atoms with Gasteiger partial charge in [-0.05, 0) is 56.2 Å². The van der Waals surface area contributed by atoms with Crippen LogP contribution in [-0.2, 0) is 20.7 Å². The minimum absolute atomic E-state index is 0.151. The molecular weight excluding hydrogens is 496 g/mol. The average molecular weight is 535 g/mol. The van der Waals surface area contributed by atoms with Gasteiger partial charge in [-0.25, -0.2) is 0 Å². The van der Waals surface area contributed by atoms with E-state index in [0.717, 1.165) is 42.5 Å². The highest BCUT2D eigenvalue weighted by molar-refractivity contribution is 5.98. The number of unbranched alkanes of at least 4 members (excludes halogenated alkanes) is 1. The number of allylic oxidation sites excluding steroid dienone is 2. The van der Waals surface area contributed by atoms with Crippen LogP contribution in [0.3, 0.4) is 0 Å². The van der Waals surface area contributed by atoms with E-state index in [0.29, 0.717) is 17.0 Å². The number of rotatable bonds is 5. The van der Waals surface area contributed by atoms with Crippen LogP contribution in [0, 0.1) is 24.2 Å². The minimum Gasteiger partial charge on any atom is -0.489 e. The van der Waals surface area contributed by atoms with Gasteiger partial charge in [0, 0.05) is 36.6 Å². The van der Waals surface area contributed by atoms with Gasteiger partial charge in [0.15, 0.2) is 5.60 Å². The highest BCUT2D eigenvalue weighted by Crippen LogP contribution is 2.31. The minimum atomic E-state index is -1.06. The van der Waals surface area contributed by atoms with Crippen molar-refractivity contribution in [2.45, 2.75) is 51.7 Å². The van der Waals surface area contributed by atoms with Crippen molar-refractivity contribution in [2.24, 2.45) is 5.73 Å². The summed E-state index contributed by atoms with van der Waals surface area (Å²) in [5.41, 5.74) is 9.11. The van der Waals surface area contributed by atoms with Crippen molar-refractivity contribution in [1.82, 2.24) is 4.98 Å². The van der Waals surface area contributed by atoms with Gasteiger partial charge in [-0.1, -0.05) is 37.3 Å². The van der Waals surface area contributed by atoms with Crippen molar-refractivity contribution in [1.29, 1.82) is 5.41 Å². The molecule has 1 aromatic heterocycles. The second-order valence-corrected chi connectivity index (χ2v) is 9.17. The fourth-order valence-electron chi connectivity index (χ4n) is 3.57. The van der Waals surface area contributed by atoms with Crippen LogP contribution in [0.15, 0.2) is 48.0 Å². The van der Waals surface area contributed by atoms with Gasteiger partial charge in [-0.3, -0.25) is 9.78 Å². The Labute approximate surface area is 230 Å². The molecule has 1 amide bonds. The van der Waals surface area contributed by atoms with Crippen molar-refractivity contribution in [3.8, 4) is 17.6 Å². The first kappa shape index (κ1) is 31.4. The fraction of sp³-hybridized carbons (Fsp3) is 0.400. The summed E-state index contributed by atoms with van der Waals surface area (Å²) in [6.07, 6.45) is 7.23. The van der Waals surface area contributed by atoms with E-state index >= 15 is 0 Å². The highest BCUT2D eigenvalue weighted by atomic mass is 16.5. The molecule has 208 valence electrons. The van der Waals surface area contributed by atoms with Crippen LogP contribution in [0.2, 0.25) is 0 Å². The SMILES string of the molecule is CC=O.CCC/C=C(\C=N)Cc1cccc(C)n1.CN1C(=O)C(N)COc2ccc(C#CC3(O)COC3)cc21. The quantitative estimate of drug-likeness (QED) is 0.304. The molecule has 1 unspecified atom stereocenters. The largest absolute Gasteiger partial charge is 0.489 e. The average Bonchev–Trinajstić information content (AvgIpc) is 3.01. The Hall–Kier alpha value is -3.84. The number of hydrogen-bond donors (Lipinski definition) is 3. The van der Waals surface area contributed by atoms with E-state index < -0.39 is 11.6 Å². The number of ether oxygens (including phenoxy) is 2. The van der Waals surface area contributed by atoms with Crippen molar-refractivity contribution in [3.05, 3.63) is 65.0 Å². The number of benzene rings is 1. The summed E-state index contributed by atoms with van der Waals surface area (Å²) in [5, 5.41) is 17.2. The van der Waals surface area contributed by atoms with E-state index in [4.69, 9.17) is 25.4 Å². The monoisotopic (exact) mass is 534 g/mol. The molecule has 2 aliphatic heterocycles. The van der Waals surface area contributed by atoms with Gasteiger partial charge in [0.2, 0.25) is 5.91 Å². The Morgan fingerprint density at radius 2 is 2.05 bits per heavy atom. The molecule has 2 aliphatic rings. The number of pyridine rings is 1. The first-order valence-corrected chi connectivity index (χ1v) is 12.8. The summed E-state index contributed by atoms with van der Waals surface area (Å²) in [4.78, 5) is 26.7. The number of hydrogen-bond acceptors (Lipinski definition) is 8. The van der Waals surface area contributed by atoms with Crippen LogP contribution in [0.5, 0.6) is 5.75 Å². The van der Waals surface area contributed by atoms with Gasteiger partial charge in [0.25, 0.3) is 0 Å². The number of likely N-dealkylation sites (N-methyl/N-ethyl adjacent to an activating group) is 1. The van der Waals surface area contributed by atoms with Gasteiger partial charge < -0.3 is 35.4 Å². The molecule has 39 heavy (non-hydrogen) atoms. The number of nitrogens with one attached hydrogen (secondary N) is 1. The molecule has 4 N–H and O–H groups in total. The molecule has 1 atom stereocenters. The molecule has 0 radical (unpaired) electrons. The Balaban J connectivity index is 0.000000261. The number of carbonyl (C=O) groups is 2. The molecular formula is C30H38N4O5. The maximum absolute atomic E-state index is 12.0. The lowest BCUT2D eigenvalue weighted by atomic mass is 10.0. The molecule has 2 aromatic rings. The molecule has 3 heterocycles. The van der Waals surface area contributed by atoms with Crippen LogP contribution >= 0.6 is 0 Å². The highest BCUT2D eigenvalue weighted by Gasteiger charge is 2.34. The van der Waals surface area contributed by atoms with E-state index in [1.54, 1.807) is 25.2 Å². The molecule has 9 heteroatoms. The van der Waals surface area contributed by atoms with Crippen LogP contribution < -0.4 is 15.4 Å². The lowest BCUT2D eigenvalue weighted by Gasteiger charge is -2.30. The number of carbonyl (C=O) groups excluding carboxylic acids is 2. The molecule has 1 aromatic carbocycles. The number of aromatic nitrogens is 1. The molecule has 9 nitrogen and oxygen atoms in total. The molecule has 1 fully saturated rings. The summed E-state index contributed by atoms with van der Waals surface area (Å²) >= 11 is 0. The molecule has 0 bridgehead atoms. The summed E-state index contributed by atoms with van der Waals surface area (Å²) in [6.45, 7) is 6.17. The predicted molar refractivity (Wildman–Crippen MR) is 152 cm³/mol. The smallest absolute Gasteiger partial charge is 0.247 e. The van der Waals surface area contributed by atoms with Crippen LogP contribution in [0.25, 0.3) is 0 Å². The fourth-order valence-corrected chi connectivity index (χ4v) is 3.57. The normalized spacial score (nSPS) is 17.2.